The van der Waals surface area contributed by atoms with Crippen molar-refractivity contribution in [3.8, 4) is 0 Å². The predicted octanol–water partition coefficient (Wildman–Crippen LogP) is 1.29. The van der Waals surface area contributed by atoms with Gasteiger partial charge in [-0.1, -0.05) is 44.5 Å². The van der Waals surface area contributed by atoms with Gasteiger partial charge in [-0.15, -0.1) is 0 Å². The number of hydrogen-bond donors (Lipinski definition) is 2. The molecule has 2 rings (SSSR count). The van der Waals surface area contributed by atoms with E-state index >= 15 is 0 Å². The molecule has 9 heteroatoms. The number of aldehydes is 1. The van der Waals surface area contributed by atoms with Crippen LogP contribution in [0.2, 0.25) is 0 Å². The molecule has 0 aromatic rings. The molecule has 30 heavy (non-hydrogen) atoms. The number of hydrogen-bond acceptors (Lipinski definition) is 5. The van der Waals surface area contributed by atoms with Crippen LogP contribution in [0.4, 0.5) is 0 Å². The average Bonchev–Trinajstić information content (AvgIpc) is 3.18. The van der Waals surface area contributed by atoms with Gasteiger partial charge in [-0.3, -0.25) is 14.4 Å². The number of likely N-dealkylation sites (tertiary alicyclic amines) is 1. The van der Waals surface area contributed by atoms with Gasteiger partial charge in [0.1, 0.15) is 18.4 Å². The first-order valence-corrected chi connectivity index (χ1v) is 10.4. The van der Waals surface area contributed by atoms with Crippen LogP contribution < -0.4 is 10.6 Å². The predicted molar refractivity (Wildman–Crippen MR) is 113 cm³/mol. The highest BCUT2D eigenvalue weighted by atomic mass is 35.5. The molecule has 1 unspecified atom stereocenters. The Morgan fingerprint density at radius 2 is 2.07 bits per heavy atom. The fourth-order valence-corrected chi connectivity index (χ4v) is 3.96. The van der Waals surface area contributed by atoms with E-state index in [-0.39, 0.29) is 23.9 Å². The van der Waals surface area contributed by atoms with E-state index in [1.807, 2.05) is 20.8 Å². The highest BCUT2D eigenvalue weighted by Gasteiger charge is 2.42. The van der Waals surface area contributed by atoms with E-state index in [1.54, 1.807) is 12.2 Å². The highest BCUT2D eigenvalue weighted by molar-refractivity contribution is 6.33. The van der Waals surface area contributed by atoms with Crippen LogP contribution in [0.25, 0.3) is 0 Å². The Morgan fingerprint density at radius 3 is 2.67 bits per heavy atom. The first kappa shape index (κ1) is 24.1. The molecule has 0 saturated carbocycles. The molecule has 0 aromatic carbocycles. The Morgan fingerprint density at radius 1 is 1.37 bits per heavy atom. The molecule has 1 fully saturated rings. The van der Waals surface area contributed by atoms with Gasteiger partial charge in [0.15, 0.2) is 0 Å². The zero-order valence-corrected chi connectivity index (χ0v) is 18.6. The van der Waals surface area contributed by atoms with Crippen LogP contribution >= 0.6 is 11.6 Å². The first-order valence-electron chi connectivity index (χ1n) is 10.0. The maximum atomic E-state index is 13.4. The first-order chi connectivity index (χ1) is 14.1. The van der Waals surface area contributed by atoms with Crippen molar-refractivity contribution in [1.82, 2.24) is 15.5 Å². The molecule has 0 radical (unpaired) electrons. The van der Waals surface area contributed by atoms with Gasteiger partial charge >= 0.3 is 0 Å². The Hall–Kier alpha value is -2.19. The molecule has 1 aliphatic heterocycles. The summed E-state index contributed by atoms with van der Waals surface area (Å²) in [5.74, 6) is -1.16. The van der Waals surface area contributed by atoms with Crippen LogP contribution in [0.1, 0.15) is 40.0 Å². The zero-order chi connectivity index (χ0) is 22.5. The molecule has 2 aliphatic rings. The highest BCUT2D eigenvalue weighted by Crippen LogP contribution is 2.28. The van der Waals surface area contributed by atoms with E-state index in [1.165, 1.54) is 12.0 Å². The van der Waals surface area contributed by atoms with Gasteiger partial charge in [0.05, 0.1) is 23.3 Å². The Kier molecular flexibility index (Phi) is 8.20. The summed E-state index contributed by atoms with van der Waals surface area (Å²) in [6.07, 6.45) is 5.38. The molecule has 1 heterocycles. The fourth-order valence-electron chi connectivity index (χ4n) is 3.64. The second kappa shape index (κ2) is 10.2. The van der Waals surface area contributed by atoms with Gasteiger partial charge in [0.25, 0.3) is 5.91 Å². The summed E-state index contributed by atoms with van der Waals surface area (Å²) >= 11 is 6.33. The quantitative estimate of drug-likeness (QED) is 0.581. The maximum absolute atomic E-state index is 13.4. The van der Waals surface area contributed by atoms with Crippen LogP contribution in [-0.2, 0) is 23.9 Å². The molecule has 8 nitrogen and oxygen atoms in total. The number of nitrogens with zero attached hydrogens (tertiary/aromatic N) is 1. The van der Waals surface area contributed by atoms with Crippen molar-refractivity contribution in [1.29, 1.82) is 0 Å². The van der Waals surface area contributed by atoms with Crippen LogP contribution in [0, 0.1) is 5.41 Å². The molecule has 3 amide bonds. The molecule has 3 atom stereocenters. The fraction of sp³-hybridized carbons (Fsp3) is 0.619. The Bertz CT molecular complexity index is 756. The van der Waals surface area contributed by atoms with E-state index < -0.39 is 29.5 Å². The minimum atomic E-state index is -0.863. The third kappa shape index (κ3) is 5.49. The molecule has 1 saturated heterocycles. The molecule has 0 spiro atoms. The van der Waals surface area contributed by atoms with E-state index in [9.17, 15) is 19.2 Å². The lowest BCUT2D eigenvalue weighted by Gasteiger charge is -2.35. The molecular formula is C21H30ClN3O5. The van der Waals surface area contributed by atoms with Gasteiger partial charge in [0.2, 0.25) is 11.8 Å². The van der Waals surface area contributed by atoms with E-state index in [0.29, 0.717) is 37.1 Å². The maximum Gasteiger partial charge on any atom is 0.253 e. The van der Waals surface area contributed by atoms with Crippen molar-refractivity contribution < 1.29 is 23.9 Å². The van der Waals surface area contributed by atoms with Crippen LogP contribution in [0.3, 0.4) is 0 Å². The van der Waals surface area contributed by atoms with Gasteiger partial charge in [-0.25, -0.2) is 0 Å². The number of methoxy groups -OCH3 is 1. The molecular weight excluding hydrogens is 410 g/mol. The lowest BCUT2D eigenvalue weighted by Crippen LogP contribution is -2.58. The summed E-state index contributed by atoms with van der Waals surface area (Å²) in [7, 11) is 1.52. The van der Waals surface area contributed by atoms with E-state index in [0.717, 1.165) is 0 Å². The number of halogens is 1. The molecule has 0 bridgehead atoms. The number of rotatable bonds is 7. The number of ether oxygens (including phenoxy) is 1. The zero-order valence-electron chi connectivity index (χ0n) is 17.9. The molecule has 2 N–H and O–H groups in total. The Balaban J connectivity index is 2.22. The summed E-state index contributed by atoms with van der Waals surface area (Å²) in [6.45, 7) is 5.85. The minimum absolute atomic E-state index is 0.101. The monoisotopic (exact) mass is 439 g/mol. The summed E-state index contributed by atoms with van der Waals surface area (Å²) in [4.78, 5) is 50.7. The smallest absolute Gasteiger partial charge is 0.253 e. The summed E-state index contributed by atoms with van der Waals surface area (Å²) in [5.41, 5.74) is -0.343. The third-order valence-electron chi connectivity index (χ3n) is 5.29. The Labute approximate surface area is 182 Å². The number of amides is 3. The van der Waals surface area contributed by atoms with Crippen molar-refractivity contribution in [2.24, 2.45) is 5.41 Å². The molecule has 1 aliphatic carbocycles. The SMILES string of the molecule is COC1CC=CC(C(=O)N[C@H](C(=O)N2CCC[C@H]2C(=O)NCC=O)C(C)(C)C)=C1Cl. The van der Waals surface area contributed by atoms with Crippen molar-refractivity contribution in [3.63, 3.8) is 0 Å². The third-order valence-corrected chi connectivity index (χ3v) is 5.74. The number of carbonyl (C=O) groups is 4. The van der Waals surface area contributed by atoms with Crippen LogP contribution in [0.15, 0.2) is 22.8 Å². The van der Waals surface area contributed by atoms with Gasteiger partial charge < -0.3 is 25.1 Å². The standard InChI is InChI=1S/C21H30ClN3O5/c1-21(2,3)17(24-18(27)13-7-5-9-15(30-4)16(13)22)20(29)25-11-6-8-14(25)19(28)23-10-12-26/h5,7,12,14-15,17H,6,8-11H2,1-4H3,(H,23,28)(H,24,27)/t14-,15?,17+/m0/s1. The van der Waals surface area contributed by atoms with E-state index in [4.69, 9.17) is 16.3 Å². The van der Waals surface area contributed by atoms with Crippen LogP contribution in [-0.4, -0.2) is 67.3 Å². The molecule has 0 aromatic heterocycles. The van der Waals surface area contributed by atoms with Crippen molar-refractivity contribution in [3.05, 3.63) is 22.8 Å². The van der Waals surface area contributed by atoms with Crippen molar-refractivity contribution in [2.45, 2.75) is 58.2 Å². The molecule has 166 valence electrons. The minimum Gasteiger partial charge on any atom is -0.375 e. The second-order valence-corrected chi connectivity index (χ2v) is 8.91. The largest absolute Gasteiger partial charge is 0.375 e. The lowest BCUT2D eigenvalue weighted by molar-refractivity contribution is -0.143. The summed E-state index contributed by atoms with van der Waals surface area (Å²) in [5, 5.41) is 5.62. The second-order valence-electron chi connectivity index (χ2n) is 8.50. The number of nitrogens with one attached hydrogen (secondary N) is 2. The van der Waals surface area contributed by atoms with Gasteiger partial charge in [-0.05, 0) is 24.7 Å². The normalized spacial score (nSPS) is 22.6. The van der Waals surface area contributed by atoms with E-state index in [2.05, 4.69) is 10.6 Å². The van der Waals surface area contributed by atoms with Crippen molar-refractivity contribution >= 4 is 35.6 Å². The lowest BCUT2D eigenvalue weighted by atomic mass is 9.85. The average molecular weight is 440 g/mol. The van der Waals surface area contributed by atoms with Crippen LogP contribution in [0.5, 0.6) is 0 Å². The summed E-state index contributed by atoms with van der Waals surface area (Å²) in [6, 6.07) is -1.52. The summed E-state index contributed by atoms with van der Waals surface area (Å²) < 4.78 is 5.29. The number of carbonyl (C=O) groups excluding carboxylic acids is 4. The van der Waals surface area contributed by atoms with Gasteiger partial charge in [0, 0.05) is 13.7 Å². The van der Waals surface area contributed by atoms with Crippen molar-refractivity contribution in [2.75, 3.05) is 20.2 Å². The topological polar surface area (TPSA) is 105 Å². The van der Waals surface area contributed by atoms with Gasteiger partial charge in [-0.2, -0.15) is 0 Å².